The van der Waals surface area contributed by atoms with Crippen molar-refractivity contribution in [2.24, 2.45) is 0 Å². The second-order valence-corrected chi connectivity index (χ2v) is 2.35. The SMILES string of the molecule is CCOc1nccc(C)c1C#N. The number of nitriles is 1. The third kappa shape index (κ3) is 1.54. The first-order chi connectivity index (χ1) is 5.79. The second-order valence-electron chi connectivity index (χ2n) is 2.35. The molecule has 0 saturated heterocycles. The van der Waals surface area contributed by atoms with Crippen molar-refractivity contribution in [2.75, 3.05) is 6.61 Å². The molecule has 1 aromatic heterocycles. The number of hydrogen-bond donors (Lipinski definition) is 0. The van der Waals surface area contributed by atoms with E-state index in [9.17, 15) is 0 Å². The molecule has 0 aromatic carbocycles. The van der Waals surface area contributed by atoms with E-state index >= 15 is 0 Å². The summed E-state index contributed by atoms with van der Waals surface area (Å²) in [6.07, 6.45) is 1.64. The molecular weight excluding hydrogens is 152 g/mol. The van der Waals surface area contributed by atoms with Crippen LogP contribution in [0.5, 0.6) is 5.88 Å². The van der Waals surface area contributed by atoms with Crippen molar-refractivity contribution < 1.29 is 4.74 Å². The molecule has 0 saturated carbocycles. The van der Waals surface area contributed by atoms with E-state index in [2.05, 4.69) is 11.1 Å². The minimum absolute atomic E-state index is 0.431. The highest BCUT2D eigenvalue weighted by Crippen LogP contribution is 2.16. The Morgan fingerprint density at radius 1 is 1.67 bits per heavy atom. The molecular formula is C9H10N2O. The molecule has 0 radical (unpaired) electrons. The van der Waals surface area contributed by atoms with Crippen molar-refractivity contribution in [2.45, 2.75) is 13.8 Å². The van der Waals surface area contributed by atoms with Crippen LogP contribution in [0.25, 0.3) is 0 Å². The number of pyridine rings is 1. The van der Waals surface area contributed by atoms with Crippen LogP contribution in [0, 0.1) is 18.3 Å². The molecule has 0 fully saturated rings. The standard InChI is InChI=1S/C9H10N2O/c1-3-12-9-8(6-10)7(2)4-5-11-9/h4-5H,3H2,1-2H3. The van der Waals surface area contributed by atoms with Crippen molar-refractivity contribution in [3.05, 3.63) is 23.4 Å². The lowest BCUT2D eigenvalue weighted by Crippen LogP contribution is -1.98. The van der Waals surface area contributed by atoms with E-state index in [1.54, 1.807) is 12.3 Å². The molecule has 3 nitrogen and oxygen atoms in total. The van der Waals surface area contributed by atoms with Crippen LogP contribution in [0.2, 0.25) is 0 Å². The summed E-state index contributed by atoms with van der Waals surface area (Å²) < 4.78 is 5.18. The fraction of sp³-hybridized carbons (Fsp3) is 0.333. The Morgan fingerprint density at radius 2 is 2.42 bits per heavy atom. The Labute approximate surface area is 71.6 Å². The zero-order chi connectivity index (χ0) is 8.97. The minimum Gasteiger partial charge on any atom is -0.477 e. The maximum absolute atomic E-state index is 8.76. The Morgan fingerprint density at radius 3 is 3.00 bits per heavy atom. The van der Waals surface area contributed by atoms with E-state index in [0.29, 0.717) is 18.1 Å². The number of aromatic nitrogens is 1. The van der Waals surface area contributed by atoms with E-state index in [1.807, 2.05) is 13.8 Å². The van der Waals surface area contributed by atoms with Gasteiger partial charge in [0.1, 0.15) is 11.6 Å². The fourth-order valence-corrected chi connectivity index (χ4v) is 0.915. The summed E-state index contributed by atoms with van der Waals surface area (Å²) >= 11 is 0. The molecule has 1 rings (SSSR count). The summed E-state index contributed by atoms with van der Waals surface area (Å²) in [7, 11) is 0. The smallest absolute Gasteiger partial charge is 0.231 e. The van der Waals surface area contributed by atoms with Gasteiger partial charge in [-0.25, -0.2) is 4.98 Å². The largest absolute Gasteiger partial charge is 0.477 e. The number of rotatable bonds is 2. The van der Waals surface area contributed by atoms with Crippen molar-refractivity contribution >= 4 is 0 Å². The van der Waals surface area contributed by atoms with E-state index < -0.39 is 0 Å². The highest BCUT2D eigenvalue weighted by Gasteiger charge is 2.05. The molecule has 1 heterocycles. The van der Waals surface area contributed by atoms with Crippen LogP contribution < -0.4 is 4.74 Å². The highest BCUT2D eigenvalue weighted by atomic mass is 16.5. The van der Waals surface area contributed by atoms with Gasteiger partial charge in [-0.2, -0.15) is 5.26 Å². The summed E-state index contributed by atoms with van der Waals surface area (Å²) in [6, 6.07) is 3.85. The molecule has 3 heteroatoms. The van der Waals surface area contributed by atoms with Crippen LogP contribution in [0.15, 0.2) is 12.3 Å². The third-order valence-corrected chi connectivity index (χ3v) is 1.52. The van der Waals surface area contributed by atoms with Gasteiger partial charge in [0.2, 0.25) is 5.88 Å². The van der Waals surface area contributed by atoms with Crippen LogP contribution in [0.3, 0.4) is 0 Å². The second kappa shape index (κ2) is 3.72. The van der Waals surface area contributed by atoms with Crippen LogP contribution in [-0.2, 0) is 0 Å². The van der Waals surface area contributed by atoms with Gasteiger partial charge in [-0.05, 0) is 25.5 Å². The van der Waals surface area contributed by atoms with Crippen LogP contribution in [-0.4, -0.2) is 11.6 Å². The molecule has 0 atom stereocenters. The minimum atomic E-state index is 0.431. The molecule has 0 spiro atoms. The maximum Gasteiger partial charge on any atom is 0.231 e. The van der Waals surface area contributed by atoms with Gasteiger partial charge in [-0.3, -0.25) is 0 Å². The van der Waals surface area contributed by atoms with Gasteiger partial charge < -0.3 is 4.74 Å². The summed E-state index contributed by atoms with van der Waals surface area (Å²) in [5.74, 6) is 0.431. The lowest BCUT2D eigenvalue weighted by Gasteiger charge is -2.04. The lowest BCUT2D eigenvalue weighted by atomic mass is 10.2. The summed E-state index contributed by atoms with van der Waals surface area (Å²) in [5, 5.41) is 8.76. The summed E-state index contributed by atoms with van der Waals surface area (Å²) in [4.78, 5) is 3.96. The number of nitrogens with zero attached hydrogens (tertiary/aromatic N) is 2. The van der Waals surface area contributed by atoms with Gasteiger partial charge in [-0.15, -0.1) is 0 Å². The fourth-order valence-electron chi connectivity index (χ4n) is 0.915. The van der Waals surface area contributed by atoms with Gasteiger partial charge in [0, 0.05) is 6.20 Å². The summed E-state index contributed by atoms with van der Waals surface area (Å²) in [6.45, 7) is 4.26. The molecule has 0 unspecified atom stereocenters. The van der Waals surface area contributed by atoms with E-state index in [0.717, 1.165) is 5.56 Å². The van der Waals surface area contributed by atoms with Crippen LogP contribution in [0.4, 0.5) is 0 Å². The van der Waals surface area contributed by atoms with E-state index in [1.165, 1.54) is 0 Å². The zero-order valence-corrected chi connectivity index (χ0v) is 7.16. The Balaban J connectivity index is 3.11. The van der Waals surface area contributed by atoms with Crippen LogP contribution in [0.1, 0.15) is 18.1 Å². The first kappa shape index (κ1) is 8.54. The highest BCUT2D eigenvalue weighted by molar-refractivity contribution is 5.43. The van der Waals surface area contributed by atoms with Crippen LogP contribution >= 0.6 is 0 Å². The number of ether oxygens (including phenoxy) is 1. The Bertz CT molecular complexity index is 315. The molecule has 12 heavy (non-hydrogen) atoms. The Kier molecular flexibility index (Phi) is 2.65. The molecule has 0 aliphatic rings. The van der Waals surface area contributed by atoms with Gasteiger partial charge in [0.05, 0.1) is 6.61 Å². The first-order valence-corrected chi connectivity index (χ1v) is 3.78. The normalized spacial score (nSPS) is 9.08. The predicted molar refractivity (Wildman–Crippen MR) is 44.9 cm³/mol. The number of hydrogen-bond acceptors (Lipinski definition) is 3. The van der Waals surface area contributed by atoms with E-state index in [4.69, 9.17) is 10.00 Å². The molecule has 1 aromatic rings. The van der Waals surface area contributed by atoms with Crippen molar-refractivity contribution in [1.29, 1.82) is 5.26 Å². The summed E-state index contributed by atoms with van der Waals surface area (Å²) in [5.41, 5.74) is 1.43. The topological polar surface area (TPSA) is 45.9 Å². The number of aryl methyl sites for hydroxylation is 1. The van der Waals surface area contributed by atoms with Gasteiger partial charge in [0.15, 0.2) is 0 Å². The average molecular weight is 162 g/mol. The van der Waals surface area contributed by atoms with Gasteiger partial charge in [0.25, 0.3) is 0 Å². The molecule has 0 bridgehead atoms. The molecule has 0 aliphatic heterocycles. The quantitative estimate of drug-likeness (QED) is 0.664. The zero-order valence-electron chi connectivity index (χ0n) is 7.16. The predicted octanol–water partition coefficient (Wildman–Crippen LogP) is 1.66. The maximum atomic E-state index is 8.76. The third-order valence-electron chi connectivity index (χ3n) is 1.52. The molecule has 0 N–H and O–H groups in total. The van der Waals surface area contributed by atoms with E-state index in [-0.39, 0.29) is 0 Å². The first-order valence-electron chi connectivity index (χ1n) is 3.78. The van der Waals surface area contributed by atoms with Gasteiger partial charge in [-0.1, -0.05) is 0 Å². The van der Waals surface area contributed by atoms with Crippen molar-refractivity contribution in [3.8, 4) is 11.9 Å². The lowest BCUT2D eigenvalue weighted by molar-refractivity contribution is 0.325. The molecule has 62 valence electrons. The Hall–Kier alpha value is -1.56. The molecule has 0 amide bonds. The van der Waals surface area contributed by atoms with Crippen molar-refractivity contribution in [1.82, 2.24) is 4.98 Å². The molecule has 0 aliphatic carbocycles. The monoisotopic (exact) mass is 162 g/mol. The van der Waals surface area contributed by atoms with Crippen molar-refractivity contribution in [3.63, 3.8) is 0 Å². The van der Waals surface area contributed by atoms with Gasteiger partial charge >= 0.3 is 0 Å². The average Bonchev–Trinajstić information content (AvgIpc) is 2.05.